The predicted octanol–water partition coefficient (Wildman–Crippen LogP) is 4.18. The van der Waals surface area contributed by atoms with Crippen molar-refractivity contribution in [1.29, 1.82) is 0 Å². The molecule has 0 bridgehead atoms. The normalized spacial score (nSPS) is 26.9. The fraction of sp³-hybridized carbons (Fsp3) is 0.483. The van der Waals surface area contributed by atoms with E-state index in [9.17, 15) is 14.0 Å². The van der Waals surface area contributed by atoms with E-state index in [4.69, 9.17) is 19.9 Å². The molecule has 3 heterocycles. The van der Waals surface area contributed by atoms with Crippen LogP contribution in [0.3, 0.4) is 0 Å². The third-order valence-electron chi connectivity index (χ3n) is 7.69. The van der Waals surface area contributed by atoms with Crippen LogP contribution in [0.2, 0.25) is 0 Å². The van der Waals surface area contributed by atoms with Crippen molar-refractivity contribution in [2.45, 2.75) is 76.5 Å². The number of guanidine groups is 1. The van der Waals surface area contributed by atoms with Crippen molar-refractivity contribution in [3.8, 4) is 11.5 Å². The van der Waals surface area contributed by atoms with E-state index in [-0.39, 0.29) is 42.9 Å². The van der Waals surface area contributed by atoms with Crippen LogP contribution < -0.4 is 20.5 Å². The van der Waals surface area contributed by atoms with Gasteiger partial charge in [0.25, 0.3) is 5.91 Å². The van der Waals surface area contributed by atoms with E-state index in [1.807, 2.05) is 38.1 Å². The van der Waals surface area contributed by atoms with Crippen LogP contribution in [0.1, 0.15) is 80.0 Å². The van der Waals surface area contributed by atoms with Crippen molar-refractivity contribution in [3.63, 3.8) is 0 Å². The molecule has 0 spiro atoms. The van der Waals surface area contributed by atoms with Crippen molar-refractivity contribution in [3.05, 3.63) is 59.2 Å². The number of aliphatic imine (C=N–C) groups is 1. The topological polar surface area (TPSA) is 115 Å². The third kappa shape index (κ3) is 5.56. The minimum absolute atomic E-state index is 0.0696. The number of nitrogens with one attached hydrogen (secondary N) is 1. The molecule has 5 atom stereocenters. The Bertz CT molecular complexity index is 1280. The Morgan fingerprint density at radius 3 is 2.82 bits per heavy atom. The van der Waals surface area contributed by atoms with Gasteiger partial charge in [-0.2, -0.15) is 0 Å². The summed E-state index contributed by atoms with van der Waals surface area (Å²) in [5, 5.41) is 3.11. The van der Waals surface area contributed by atoms with Gasteiger partial charge in [-0.1, -0.05) is 25.1 Å². The van der Waals surface area contributed by atoms with E-state index in [2.05, 4.69) is 10.3 Å². The number of carbonyl (C=O) groups is 2. The SMILES string of the molecule is CC[C@]1(C)CC(=O)N([C@@H]2CCOc3ccc(C(=O)N[C@H]4C[C@H](COC(C)F)Oc5ccccc54)cc32)C(N)=N1. The summed E-state index contributed by atoms with van der Waals surface area (Å²) < 4.78 is 30.3. The van der Waals surface area contributed by atoms with Gasteiger partial charge in [0, 0.05) is 29.5 Å². The first-order chi connectivity index (χ1) is 18.7. The quantitative estimate of drug-likeness (QED) is 0.547. The molecule has 1 unspecified atom stereocenters. The fourth-order valence-corrected chi connectivity index (χ4v) is 5.45. The number of nitrogens with zero attached hydrogens (tertiary/aromatic N) is 2. The van der Waals surface area contributed by atoms with Gasteiger partial charge in [-0.05, 0) is 44.5 Å². The number of fused-ring (bicyclic) bond motifs is 2. The van der Waals surface area contributed by atoms with Gasteiger partial charge in [0.1, 0.15) is 17.6 Å². The second-order valence-electron chi connectivity index (χ2n) is 10.6. The molecule has 0 saturated heterocycles. The van der Waals surface area contributed by atoms with Gasteiger partial charge < -0.3 is 25.3 Å². The van der Waals surface area contributed by atoms with E-state index in [0.717, 1.165) is 11.1 Å². The number of benzene rings is 2. The molecule has 2 amide bonds. The molecule has 5 rings (SSSR count). The van der Waals surface area contributed by atoms with Crippen LogP contribution in [0.25, 0.3) is 0 Å². The maximum absolute atomic E-state index is 13.5. The van der Waals surface area contributed by atoms with Gasteiger partial charge in [-0.15, -0.1) is 0 Å². The van der Waals surface area contributed by atoms with Gasteiger partial charge in [0.05, 0.1) is 37.3 Å². The van der Waals surface area contributed by atoms with Crippen molar-refractivity contribution in [1.82, 2.24) is 10.2 Å². The lowest BCUT2D eigenvalue weighted by atomic mass is 9.90. The number of para-hydroxylation sites is 1. The van der Waals surface area contributed by atoms with Crippen LogP contribution in [0.4, 0.5) is 4.39 Å². The summed E-state index contributed by atoms with van der Waals surface area (Å²) in [6, 6.07) is 11.9. The molecular weight excluding hydrogens is 503 g/mol. The summed E-state index contributed by atoms with van der Waals surface area (Å²) in [6.07, 6.45) is 0.114. The average Bonchev–Trinajstić information content (AvgIpc) is 2.91. The molecule has 3 aliphatic rings. The molecule has 3 aliphatic heterocycles. The first-order valence-corrected chi connectivity index (χ1v) is 13.4. The third-order valence-corrected chi connectivity index (χ3v) is 7.69. The minimum Gasteiger partial charge on any atom is -0.493 e. The van der Waals surface area contributed by atoms with Crippen LogP contribution in [0.15, 0.2) is 47.5 Å². The van der Waals surface area contributed by atoms with E-state index in [1.54, 1.807) is 23.1 Å². The largest absolute Gasteiger partial charge is 0.493 e. The predicted molar refractivity (Wildman–Crippen MR) is 143 cm³/mol. The molecule has 0 fully saturated rings. The molecule has 39 heavy (non-hydrogen) atoms. The summed E-state index contributed by atoms with van der Waals surface area (Å²) in [4.78, 5) is 32.9. The van der Waals surface area contributed by atoms with Crippen molar-refractivity contribution < 1.29 is 28.2 Å². The minimum atomic E-state index is -1.41. The lowest BCUT2D eigenvalue weighted by Gasteiger charge is -2.40. The zero-order valence-corrected chi connectivity index (χ0v) is 22.5. The summed E-state index contributed by atoms with van der Waals surface area (Å²) in [5.74, 6) is 1.06. The second kappa shape index (κ2) is 10.8. The van der Waals surface area contributed by atoms with Crippen molar-refractivity contribution >= 4 is 17.8 Å². The fourth-order valence-electron chi connectivity index (χ4n) is 5.45. The number of carbonyl (C=O) groups excluding carboxylic acids is 2. The van der Waals surface area contributed by atoms with Gasteiger partial charge in [0.2, 0.25) is 5.91 Å². The van der Waals surface area contributed by atoms with Crippen molar-refractivity contribution in [2.75, 3.05) is 13.2 Å². The maximum atomic E-state index is 13.5. The summed E-state index contributed by atoms with van der Waals surface area (Å²) >= 11 is 0. The molecule has 208 valence electrons. The summed E-state index contributed by atoms with van der Waals surface area (Å²) in [5.41, 5.74) is 7.80. The molecule has 0 saturated carbocycles. The van der Waals surface area contributed by atoms with Crippen LogP contribution in [0.5, 0.6) is 11.5 Å². The molecular formula is C29H35FN4O5. The first-order valence-electron chi connectivity index (χ1n) is 13.4. The number of ether oxygens (including phenoxy) is 3. The van der Waals surface area contributed by atoms with Gasteiger partial charge in [-0.3, -0.25) is 14.5 Å². The number of hydrogen-bond donors (Lipinski definition) is 2. The number of alkyl halides is 1. The second-order valence-corrected chi connectivity index (χ2v) is 10.6. The van der Waals surface area contributed by atoms with Gasteiger partial charge in [-0.25, -0.2) is 9.38 Å². The Hall–Kier alpha value is -3.66. The Balaban J connectivity index is 1.39. The van der Waals surface area contributed by atoms with Gasteiger partial charge in [0.15, 0.2) is 12.3 Å². The van der Waals surface area contributed by atoms with E-state index in [0.29, 0.717) is 42.9 Å². The summed E-state index contributed by atoms with van der Waals surface area (Å²) in [6.45, 7) is 5.73. The Kier molecular flexibility index (Phi) is 7.48. The summed E-state index contributed by atoms with van der Waals surface area (Å²) in [7, 11) is 0. The average molecular weight is 539 g/mol. The Labute approximate surface area is 227 Å². The van der Waals surface area contributed by atoms with E-state index < -0.39 is 18.0 Å². The number of nitrogens with two attached hydrogens (primary N) is 1. The zero-order chi connectivity index (χ0) is 27.7. The van der Waals surface area contributed by atoms with Gasteiger partial charge >= 0.3 is 0 Å². The number of hydrogen-bond acceptors (Lipinski definition) is 7. The number of rotatable bonds is 7. The number of halogens is 1. The molecule has 3 N–H and O–H groups in total. The van der Waals surface area contributed by atoms with E-state index in [1.165, 1.54) is 6.92 Å². The lowest BCUT2D eigenvalue weighted by Crippen LogP contribution is -2.52. The van der Waals surface area contributed by atoms with Crippen LogP contribution in [-0.4, -0.2) is 53.9 Å². The van der Waals surface area contributed by atoms with Crippen molar-refractivity contribution in [2.24, 2.45) is 10.7 Å². The molecule has 10 heteroatoms. The Morgan fingerprint density at radius 1 is 1.28 bits per heavy atom. The van der Waals surface area contributed by atoms with Crippen LogP contribution >= 0.6 is 0 Å². The van der Waals surface area contributed by atoms with Crippen LogP contribution in [0, 0.1) is 0 Å². The highest BCUT2D eigenvalue weighted by atomic mass is 19.1. The highest BCUT2D eigenvalue weighted by Crippen LogP contribution is 2.40. The molecule has 2 aromatic rings. The molecule has 9 nitrogen and oxygen atoms in total. The monoisotopic (exact) mass is 538 g/mol. The molecule has 0 aliphatic carbocycles. The lowest BCUT2D eigenvalue weighted by molar-refractivity contribution is -0.131. The standard InChI is InChI=1S/C29H35FN4O5/c1-4-29(3)15-26(35)34(28(31)33-29)23-11-12-37-24-10-9-18(13-21(23)24)27(36)32-22-14-19(16-38-17(2)30)39-25-8-6-5-7-20(22)25/h5-10,13,17,19,22-23H,4,11-12,14-16H2,1-3H3,(H2,31,33)(H,32,36)/t17?,19-,22+,23-,29-/m1/s1. The first kappa shape index (κ1) is 26.9. The number of amides is 2. The molecule has 2 aromatic carbocycles. The van der Waals surface area contributed by atoms with E-state index >= 15 is 0 Å². The highest BCUT2D eigenvalue weighted by molar-refractivity contribution is 6.00. The maximum Gasteiger partial charge on any atom is 0.251 e. The van der Waals surface area contributed by atoms with Crippen LogP contribution in [-0.2, 0) is 9.53 Å². The zero-order valence-electron chi connectivity index (χ0n) is 22.5. The highest BCUT2D eigenvalue weighted by Gasteiger charge is 2.40. The Morgan fingerprint density at radius 2 is 2.08 bits per heavy atom. The molecule has 0 radical (unpaired) electrons. The smallest absolute Gasteiger partial charge is 0.251 e. The molecule has 0 aromatic heterocycles.